The first kappa shape index (κ1) is 82.6. The Hall–Kier alpha value is -1.38. The summed E-state index contributed by atoms with van der Waals surface area (Å²) in [5, 5.41) is 0. The molecule has 0 aliphatic carbocycles. The molecule has 4 saturated heterocycles. The van der Waals surface area contributed by atoms with Crippen molar-refractivity contribution in [3.8, 4) is 0 Å². The Morgan fingerprint density at radius 2 is 0.523 bits per heavy atom. The van der Waals surface area contributed by atoms with Crippen molar-refractivity contribution in [2.45, 2.75) is 364 Å². The number of Topliss-reactive ketones (excluding diaryl/α,β-unsaturated/α-hetero) is 2. The van der Waals surface area contributed by atoms with Crippen molar-refractivity contribution in [3.63, 3.8) is 0 Å². The summed E-state index contributed by atoms with van der Waals surface area (Å²) in [5.41, 5.74) is 0. The third-order valence-electron chi connectivity index (χ3n) is 14.3. The standard InChI is InChI=1S/2C17H32O5.2C16H32O5/c2*1-8-14(18)9-19-15-12(6)22-16(13(7)20-10(2)3)17(15)21-11(4)5;2*1-10(2)19-13(6)15-16(20-11(3)4)14(12(5)21-15)18-9-8-17-7/h2*10-13,15-17H,8-9H2,1-7H3;2*10-16H,8-9H2,1-7H3/t12-,13+,15-,16+,17-;12-,13-,15-,16+,17-;12-,13+,14-,15+,16-;12-,13-,14-,15+,16-/m0000/s1. The van der Waals surface area contributed by atoms with E-state index in [1.54, 1.807) is 14.2 Å². The fourth-order valence-electron chi connectivity index (χ4n) is 10.9. The highest BCUT2D eigenvalue weighted by Crippen LogP contribution is 2.35. The highest BCUT2D eigenvalue weighted by Gasteiger charge is 2.51. The van der Waals surface area contributed by atoms with Gasteiger partial charge in [0.2, 0.25) is 0 Å². The van der Waals surface area contributed by atoms with Gasteiger partial charge < -0.3 is 85.3 Å². The summed E-state index contributed by atoms with van der Waals surface area (Å²) >= 11 is 0. The van der Waals surface area contributed by atoms with Crippen molar-refractivity contribution in [1.29, 1.82) is 0 Å². The van der Waals surface area contributed by atoms with Crippen LogP contribution in [0.25, 0.3) is 0 Å². The smallest absolute Gasteiger partial charge is 0.158 e. The van der Waals surface area contributed by atoms with Gasteiger partial charge in [0.25, 0.3) is 0 Å². The predicted molar refractivity (Wildman–Crippen MR) is 333 cm³/mol. The molecule has 0 amide bonds. The van der Waals surface area contributed by atoms with Crippen LogP contribution in [0, 0.1) is 0 Å². The van der Waals surface area contributed by atoms with E-state index in [9.17, 15) is 9.59 Å². The Morgan fingerprint density at radius 1 is 0.314 bits per heavy atom. The zero-order valence-corrected chi connectivity index (χ0v) is 59.0. The first-order valence-corrected chi connectivity index (χ1v) is 32.6. The highest BCUT2D eigenvalue weighted by molar-refractivity contribution is 5.79. The Morgan fingerprint density at radius 3 is 0.698 bits per heavy atom. The molecule has 0 aromatic rings. The van der Waals surface area contributed by atoms with E-state index in [1.165, 1.54) is 0 Å². The molecule has 0 bridgehead atoms. The molecular weight excluding hydrogens is 1110 g/mol. The van der Waals surface area contributed by atoms with E-state index in [2.05, 4.69) is 0 Å². The lowest BCUT2D eigenvalue weighted by molar-refractivity contribution is -0.137. The topological polar surface area (TPSA) is 200 Å². The molecule has 0 aromatic heterocycles. The summed E-state index contributed by atoms with van der Waals surface area (Å²) in [6.45, 7) is 54.3. The zero-order chi connectivity index (χ0) is 65.7. The lowest BCUT2D eigenvalue weighted by Gasteiger charge is -2.29. The molecule has 0 radical (unpaired) electrons. The zero-order valence-electron chi connectivity index (χ0n) is 59.0. The Balaban J connectivity index is 0.000000573. The maximum atomic E-state index is 11.5. The van der Waals surface area contributed by atoms with Crippen molar-refractivity contribution in [1.82, 2.24) is 0 Å². The van der Waals surface area contributed by atoms with Gasteiger partial charge in [0.1, 0.15) is 86.5 Å². The number of ether oxygens (including phenoxy) is 18. The second-order valence-electron chi connectivity index (χ2n) is 25.4. The van der Waals surface area contributed by atoms with Gasteiger partial charge in [-0.1, -0.05) is 13.8 Å². The van der Waals surface area contributed by atoms with Crippen LogP contribution >= 0.6 is 0 Å². The molecule has 20 heteroatoms. The second kappa shape index (κ2) is 43.4. The number of carbonyl (C=O) groups is 2. The fraction of sp³-hybridized carbons (Fsp3) is 0.970. The average Bonchev–Trinajstić information content (AvgIpc) is 1.92. The van der Waals surface area contributed by atoms with Crippen molar-refractivity contribution in [3.05, 3.63) is 0 Å². The van der Waals surface area contributed by atoms with E-state index in [-0.39, 0.29) is 196 Å². The first-order chi connectivity index (χ1) is 40.2. The molecule has 0 spiro atoms. The fourth-order valence-corrected chi connectivity index (χ4v) is 10.9. The van der Waals surface area contributed by atoms with Crippen LogP contribution in [0.1, 0.15) is 193 Å². The molecule has 86 heavy (non-hydrogen) atoms. The van der Waals surface area contributed by atoms with E-state index < -0.39 is 0 Å². The van der Waals surface area contributed by atoms with Crippen molar-refractivity contribution in [2.75, 3.05) is 53.9 Å². The Labute approximate surface area is 522 Å². The average molecular weight is 1240 g/mol. The summed E-state index contributed by atoms with van der Waals surface area (Å²) in [5.74, 6) is 0.177. The molecule has 0 saturated carbocycles. The SMILES string of the molecule is CCC(=O)CO[C@@H]1[C@H](OC(C)C)[C@@H]([C@@H](C)OC(C)C)O[C@H]1C.CCC(=O)CO[C@@H]1[C@H](OC(C)C)[C@@H]([C@H](C)OC(C)C)O[C@H]1C.COCCO[C@@H]1[C@H](OC(C)C)[C@@H]([C@@H](C)OC(C)C)O[C@H]1C.COCCO[C@@H]1[C@H](OC(C)C)[C@@H]([C@H](C)OC(C)C)O[C@H]1C. The molecule has 20 nitrogen and oxygen atoms in total. The van der Waals surface area contributed by atoms with Gasteiger partial charge in [0.15, 0.2) is 11.6 Å². The molecule has 4 fully saturated rings. The van der Waals surface area contributed by atoms with Crippen LogP contribution in [0.5, 0.6) is 0 Å². The monoisotopic (exact) mass is 1240 g/mol. The molecule has 4 heterocycles. The van der Waals surface area contributed by atoms with Crippen molar-refractivity contribution in [2.24, 2.45) is 0 Å². The van der Waals surface area contributed by atoms with Gasteiger partial charge in [-0.15, -0.1) is 0 Å². The minimum atomic E-state index is -0.249. The highest BCUT2D eigenvalue weighted by atomic mass is 16.7. The molecule has 0 unspecified atom stereocenters. The van der Waals surface area contributed by atoms with Gasteiger partial charge in [-0.2, -0.15) is 0 Å². The van der Waals surface area contributed by atoms with E-state index in [4.69, 9.17) is 85.3 Å². The lowest BCUT2D eigenvalue weighted by atomic mass is 10.0. The molecule has 4 rings (SSSR count). The minimum Gasteiger partial charge on any atom is -0.382 e. The molecular formula is C66H128O20. The quantitative estimate of drug-likeness (QED) is 0.0536. The summed E-state index contributed by atoms with van der Waals surface area (Å²) in [4.78, 5) is 23.1. The number of rotatable bonds is 36. The van der Waals surface area contributed by atoms with Crippen molar-refractivity contribution < 1.29 is 94.9 Å². The predicted octanol–water partition coefficient (Wildman–Crippen LogP) is 10.3. The van der Waals surface area contributed by atoms with Gasteiger partial charge in [-0.05, 0) is 166 Å². The van der Waals surface area contributed by atoms with Gasteiger partial charge >= 0.3 is 0 Å². The summed E-state index contributed by atoms with van der Waals surface area (Å²) in [6.07, 6.45) is -0.682. The minimum absolute atomic E-state index is 0.0196. The molecule has 0 aromatic carbocycles. The lowest BCUT2D eigenvalue weighted by Crippen LogP contribution is -2.44. The summed E-state index contributed by atoms with van der Waals surface area (Å²) < 4.78 is 105. The third kappa shape index (κ3) is 30.4. The van der Waals surface area contributed by atoms with Crippen LogP contribution in [-0.4, -0.2) is 236 Å². The van der Waals surface area contributed by atoms with E-state index in [1.807, 2.05) is 180 Å². The number of hydrogen-bond acceptors (Lipinski definition) is 20. The number of methoxy groups -OCH3 is 2. The molecule has 4 aliphatic heterocycles. The summed E-state index contributed by atoms with van der Waals surface area (Å²) in [6, 6.07) is 0. The van der Waals surface area contributed by atoms with Gasteiger partial charge in [0, 0.05) is 27.1 Å². The van der Waals surface area contributed by atoms with E-state index >= 15 is 0 Å². The second-order valence-corrected chi connectivity index (χ2v) is 25.4. The van der Waals surface area contributed by atoms with Crippen LogP contribution in [-0.2, 0) is 94.9 Å². The van der Waals surface area contributed by atoms with E-state index in [0.717, 1.165) is 0 Å². The molecule has 512 valence electrons. The van der Waals surface area contributed by atoms with Crippen LogP contribution in [0.2, 0.25) is 0 Å². The van der Waals surface area contributed by atoms with Crippen LogP contribution in [0.3, 0.4) is 0 Å². The first-order valence-electron chi connectivity index (χ1n) is 32.6. The Bertz CT molecular complexity index is 1610. The summed E-state index contributed by atoms with van der Waals surface area (Å²) in [7, 11) is 3.34. The van der Waals surface area contributed by atoms with Crippen LogP contribution < -0.4 is 0 Å². The maximum Gasteiger partial charge on any atom is 0.158 e. The van der Waals surface area contributed by atoms with Gasteiger partial charge in [-0.3, -0.25) is 9.59 Å². The maximum absolute atomic E-state index is 11.5. The molecule has 0 N–H and O–H groups in total. The largest absolute Gasteiger partial charge is 0.382 e. The molecule has 20 atom stereocenters. The number of hydrogen-bond donors (Lipinski definition) is 0. The molecule has 4 aliphatic rings. The third-order valence-corrected chi connectivity index (χ3v) is 14.3. The number of carbonyl (C=O) groups excluding carboxylic acids is 2. The van der Waals surface area contributed by atoms with Crippen molar-refractivity contribution >= 4 is 11.6 Å². The van der Waals surface area contributed by atoms with Gasteiger partial charge in [0.05, 0.1) is 124 Å². The van der Waals surface area contributed by atoms with Crippen LogP contribution in [0.4, 0.5) is 0 Å². The van der Waals surface area contributed by atoms with Gasteiger partial charge in [-0.25, -0.2) is 0 Å². The van der Waals surface area contributed by atoms with Crippen LogP contribution in [0.15, 0.2) is 0 Å². The van der Waals surface area contributed by atoms with E-state index in [0.29, 0.717) is 39.3 Å². The normalized spacial score (nSPS) is 30.7. The Kier molecular flexibility index (Phi) is 41.7. The number of ketones is 2.